The molecule has 0 spiro atoms. The summed E-state index contributed by atoms with van der Waals surface area (Å²) in [5.74, 6) is -0.233. The molecule has 1 fully saturated rings. The fourth-order valence-electron chi connectivity index (χ4n) is 3.80. The maximum atomic E-state index is 13.0. The Morgan fingerprint density at radius 1 is 1.17 bits per heavy atom. The predicted molar refractivity (Wildman–Crippen MR) is 118 cm³/mol. The standard InChI is InChI=1S/C21H23BrN4O3S/c22-16-8-10-17(11-9-16)30(28,29)26-14-3-7-20(26)21(27)23-12-4-13-25-15-24-18-5-1-2-6-19(18)25/h1-2,5-6,8-11,15,20H,3-4,7,12-14H2,(H,23,27). The van der Waals surface area contributed by atoms with Crippen LogP contribution in [0.2, 0.25) is 0 Å². The van der Waals surface area contributed by atoms with Crippen LogP contribution in [0.15, 0.2) is 64.2 Å². The maximum Gasteiger partial charge on any atom is 0.243 e. The summed E-state index contributed by atoms with van der Waals surface area (Å²) in [6, 6.07) is 13.8. The first-order valence-corrected chi connectivity index (χ1v) is 12.1. The highest BCUT2D eigenvalue weighted by atomic mass is 79.9. The molecule has 2 heterocycles. The molecule has 1 N–H and O–H groups in total. The van der Waals surface area contributed by atoms with Gasteiger partial charge in [0.1, 0.15) is 6.04 Å². The molecule has 4 rings (SSSR count). The van der Waals surface area contributed by atoms with Gasteiger partial charge in [-0.15, -0.1) is 0 Å². The first-order chi connectivity index (χ1) is 14.5. The number of benzene rings is 2. The van der Waals surface area contributed by atoms with Crippen molar-refractivity contribution in [2.75, 3.05) is 13.1 Å². The van der Waals surface area contributed by atoms with Crippen LogP contribution in [0.25, 0.3) is 11.0 Å². The lowest BCUT2D eigenvalue weighted by atomic mass is 10.2. The van der Waals surface area contributed by atoms with Gasteiger partial charge in [0.05, 0.1) is 22.3 Å². The quantitative estimate of drug-likeness (QED) is 0.515. The third-order valence-electron chi connectivity index (χ3n) is 5.33. The number of nitrogens with one attached hydrogen (secondary N) is 1. The van der Waals surface area contributed by atoms with Crippen molar-refractivity contribution in [3.63, 3.8) is 0 Å². The topological polar surface area (TPSA) is 84.3 Å². The molecule has 1 aromatic heterocycles. The minimum absolute atomic E-state index is 0.206. The van der Waals surface area contributed by atoms with E-state index in [9.17, 15) is 13.2 Å². The molecule has 158 valence electrons. The third-order valence-corrected chi connectivity index (χ3v) is 7.78. The molecule has 0 saturated carbocycles. The van der Waals surface area contributed by atoms with Gasteiger partial charge >= 0.3 is 0 Å². The minimum Gasteiger partial charge on any atom is -0.355 e. The largest absolute Gasteiger partial charge is 0.355 e. The highest BCUT2D eigenvalue weighted by Crippen LogP contribution is 2.27. The number of amides is 1. The summed E-state index contributed by atoms with van der Waals surface area (Å²) in [5.41, 5.74) is 2.01. The van der Waals surface area contributed by atoms with Crippen molar-refractivity contribution in [3.8, 4) is 0 Å². The van der Waals surface area contributed by atoms with Gasteiger partial charge in [-0.2, -0.15) is 4.31 Å². The summed E-state index contributed by atoms with van der Waals surface area (Å²) in [6.45, 7) is 1.57. The molecular formula is C21H23BrN4O3S. The number of carbonyl (C=O) groups excluding carboxylic acids is 1. The smallest absolute Gasteiger partial charge is 0.243 e. The second-order valence-corrected chi connectivity index (χ2v) is 10.1. The Labute approximate surface area is 184 Å². The Bertz CT molecular complexity index is 1140. The van der Waals surface area contributed by atoms with Crippen molar-refractivity contribution in [1.29, 1.82) is 0 Å². The Kier molecular flexibility index (Phi) is 6.21. The highest BCUT2D eigenvalue weighted by Gasteiger charge is 2.39. The van der Waals surface area contributed by atoms with E-state index in [0.29, 0.717) is 25.9 Å². The summed E-state index contributed by atoms with van der Waals surface area (Å²) >= 11 is 3.32. The van der Waals surface area contributed by atoms with E-state index < -0.39 is 16.1 Å². The van der Waals surface area contributed by atoms with Gasteiger partial charge in [-0.3, -0.25) is 4.79 Å². The van der Waals surface area contributed by atoms with E-state index in [1.54, 1.807) is 30.6 Å². The van der Waals surface area contributed by atoms with Gasteiger partial charge in [-0.05, 0) is 55.7 Å². The average molecular weight is 491 g/mol. The van der Waals surface area contributed by atoms with E-state index in [2.05, 4.69) is 30.8 Å². The summed E-state index contributed by atoms with van der Waals surface area (Å²) in [4.78, 5) is 17.3. The molecule has 1 atom stereocenters. The minimum atomic E-state index is -3.70. The molecule has 1 unspecified atom stereocenters. The molecule has 1 aliphatic heterocycles. The van der Waals surface area contributed by atoms with Gasteiger partial charge < -0.3 is 9.88 Å². The normalized spacial score (nSPS) is 17.4. The molecule has 3 aromatic rings. The third kappa shape index (κ3) is 4.28. The fourth-order valence-corrected chi connectivity index (χ4v) is 5.72. The number of hydrogen-bond donors (Lipinski definition) is 1. The number of carbonyl (C=O) groups is 1. The Morgan fingerprint density at radius 2 is 1.93 bits per heavy atom. The molecule has 0 aliphatic carbocycles. The van der Waals surface area contributed by atoms with Gasteiger partial charge in [-0.25, -0.2) is 13.4 Å². The van der Waals surface area contributed by atoms with Gasteiger partial charge in [-0.1, -0.05) is 28.1 Å². The molecule has 0 radical (unpaired) electrons. The molecule has 0 bridgehead atoms. The lowest BCUT2D eigenvalue weighted by Crippen LogP contribution is -2.46. The number of sulfonamides is 1. The number of aryl methyl sites for hydroxylation is 1. The number of imidazole rings is 1. The number of hydrogen-bond acceptors (Lipinski definition) is 4. The molecule has 9 heteroatoms. The first kappa shape index (κ1) is 21.0. The second kappa shape index (κ2) is 8.87. The van der Waals surface area contributed by atoms with E-state index >= 15 is 0 Å². The van der Waals surface area contributed by atoms with Crippen LogP contribution < -0.4 is 5.32 Å². The molecule has 1 saturated heterocycles. The van der Waals surface area contributed by atoms with E-state index in [-0.39, 0.29) is 10.8 Å². The van der Waals surface area contributed by atoms with Crippen LogP contribution in [0.3, 0.4) is 0 Å². The zero-order chi connectivity index (χ0) is 21.1. The molecule has 1 amide bonds. The molecule has 1 aliphatic rings. The molecule has 2 aromatic carbocycles. The van der Waals surface area contributed by atoms with Gasteiger partial charge in [0.2, 0.25) is 15.9 Å². The lowest BCUT2D eigenvalue weighted by Gasteiger charge is -2.23. The Morgan fingerprint density at radius 3 is 2.73 bits per heavy atom. The van der Waals surface area contributed by atoms with Gasteiger partial charge in [0.15, 0.2) is 0 Å². The monoisotopic (exact) mass is 490 g/mol. The van der Waals surface area contributed by atoms with Crippen LogP contribution in [0.1, 0.15) is 19.3 Å². The zero-order valence-electron chi connectivity index (χ0n) is 16.4. The zero-order valence-corrected chi connectivity index (χ0v) is 18.8. The summed E-state index contributed by atoms with van der Waals surface area (Å²) < 4.78 is 30.2. The highest BCUT2D eigenvalue weighted by molar-refractivity contribution is 9.10. The molecule has 7 nitrogen and oxygen atoms in total. The van der Waals surface area contributed by atoms with E-state index in [1.807, 2.05) is 24.3 Å². The predicted octanol–water partition coefficient (Wildman–Crippen LogP) is 3.16. The van der Waals surface area contributed by atoms with Crippen molar-refractivity contribution in [2.45, 2.75) is 36.7 Å². The van der Waals surface area contributed by atoms with E-state index in [0.717, 1.165) is 28.5 Å². The summed E-state index contributed by atoms with van der Waals surface area (Å²) in [6.07, 6.45) is 3.75. The van der Waals surface area contributed by atoms with Crippen molar-refractivity contribution in [1.82, 2.24) is 19.2 Å². The second-order valence-electron chi connectivity index (χ2n) is 7.30. The van der Waals surface area contributed by atoms with Crippen LogP contribution in [-0.4, -0.2) is 47.3 Å². The Hall–Kier alpha value is -2.23. The van der Waals surface area contributed by atoms with Gasteiger partial charge in [0.25, 0.3) is 0 Å². The van der Waals surface area contributed by atoms with Crippen LogP contribution in [0.5, 0.6) is 0 Å². The van der Waals surface area contributed by atoms with Gasteiger partial charge in [0, 0.05) is 24.1 Å². The van der Waals surface area contributed by atoms with Crippen molar-refractivity contribution < 1.29 is 13.2 Å². The SMILES string of the molecule is O=C(NCCCn1cnc2ccccc21)C1CCCN1S(=O)(=O)c1ccc(Br)cc1. The number of rotatable bonds is 7. The Balaban J connectivity index is 1.35. The van der Waals surface area contributed by atoms with Crippen LogP contribution in [-0.2, 0) is 21.4 Å². The lowest BCUT2D eigenvalue weighted by molar-refractivity contribution is -0.124. The summed E-state index contributed by atoms with van der Waals surface area (Å²) in [7, 11) is -3.70. The first-order valence-electron chi connectivity index (χ1n) is 9.92. The number of aromatic nitrogens is 2. The van der Waals surface area contributed by atoms with Crippen LogP contribution in [0, 0.1) is 0 Å². The number of nitrogens with zero attached hydrogens (tertiary/aromatic N) is 3. The molecular weight excluding hydrogens is 468 g/mol. The summed E-state index contributed by atoms with van der Waals surface area (Å²) in [5, 5.41) is 2.91. The van der Waals surface area contributed by atoms with Crippen LogP contribution >= 0.6 is 15.9 Å². The molecule has 30 heavy (non-hydrogen) atoms. The number of fused-ring (bicyclic) bond motifs is 1. The fraction of sp³-hybridized carbons (Fsp3) is 0.333. The maximum absolute atomic E-state index is 13.0. The van der Waals surface area contributed by atoms with Crippen molar-refractivity contribution in [3.05, 3.63) is 59.3 Å². The van der Waals surface area contributed by atoms with E-state index in [1.165, 1.54) is 4.31 Å². The number of para-hydroxylation sites is 2. The number of halogens is 1. The van der Waals surface area contributed by atoms with Crippen molar-refractivity contribution in [2.24, 2.45) is 0 Å². The van der Waals surface area contributed by atoms with E-state index in [4.69, 9.17) is 0 Å². The average Bonchev–Trinajstić information content (AvgIpc) is 3.39. The van der Waals surface area contributed by atoms with Crippen LogP contribution in [0.4, 0.5) is 0 Å². The van der Waals surface area contributed by atoms with Crippen molar-refractivity contribution >= 4 is 42.9 Å².